The molecule has 1 aromatic heterocycles. The molecule has 1 aliphatic heterocycles. The van der Waals surface area contributed by atoms with E-state index in [2.05, 4.69) is 15.2 Å². The van der Waals surface area contributed by atoms with Gasteiger partial charge < -0.3 is 9.72 Å². The first-order valence-corrected chi connectivity index (χ1v) is 10.1. The second-order valence-corrected chi connectivity index (χ2v) is 7.49. The normalized spacial score (nSPS) is 15.2. The highest BCUT2D eigenvalue weighted by molar-refractivity contribution is 5.99. The molecule has 0 saturated carbocycles. The second kappa shape index (κ2) is 9.09. The maximum absolute atomic E-state index is 13.0. The van der Waals surface area contributed by atoms with Gasteiger partial charge in [-0.1, -0.05) is 6.07 Å². The molecule has 1 fully saturated rings. The van der Waals surface area contributed by atoms with Gasteiger partial charge >= 0.3 is 6.09 Å². The fraction of sp³-hybridized carbons (Fsp3) is 0.304. The summed E-state index contributed by atoms with van der Waals surface area (Å²) in [6, 6.07) is 13.3. The Kier molecular flexibility index (Phi) is 6.09. The molecule has 2 heterocycles. The van der Waals surface area contributed by atoms with Crippen LogP contribution in [0, 0.1) is 11.7 Å². The molecule has 1 aliphatic rings. The van der Waals surface area contributed by atoms with Crippen LogP contribution in [-0.4, -0.2) is 48.0 Å². The quantitative estimate of drug-likeness (QED) is 0.590. The van der Waals surface area contributed by atoms with Crippen molar-refractivity contribution in [3.05, 3.63) is 66.1 Å². The second-order valence-electron chi connectivity index (χ2n) is 7.49. The summed E-state index contributed by atoms with van der Waals surface area (Å²) in [4.78, 5) is 29.9. The Balaban J connectivity index is 1.19. The van der Waals surface area contributed by atoms with Crippen molar-refractivity contribution < 1.29 is 18.7 Å². The monoisotopic (exact) mass is 409 g/mol. The summed E-state index contributed by atoms with van der Waals surface area (Å²) in [5.41, 5.74) is 2.22. The van der Waals surface area contributed by atoms with Gasteiger partial charge in [0.1, 0.15) is 12.4 Å². The van der Waals surface area contributed by atoms with Crippen molar-refractivity contribution in [3.63, 3.8) is 0 Å². The Hall–Kier alpha value is -3.19. The molecule has 0 spiro atoms. The first-order chi connectivity index (χ1) is 14.6. The fourth-order valence-electron chi connectivity index (χ4n) is 3.88. The third-order valence-electron chi connectivity index (χ3n) is 5.56. The highest BCUT2D eigenvalue weighted by atomic mass is 19.1. The number of aromatic amines is 1. The van der Waals surface area contributed by atoms with E-state index in [-0.39, 0.29) is 24.1 Å². The number of piperidine rings is 1. The van der Waals surface area contributed by atoms with Gasteiger partial charge in [-0.25, -0.2) is 9.18 Å². The number of benzene rings is 2. The molecule has 7 heteroatoms. The summed E-state index contributed by atoms with van der Waals surface area (Å²) in [6.45, 7) is 2.45. The number of amides is 1. The molecule has 3 aromatic rings. The molecule has 156 valence electrons. The standard InChI is InChI=1S/C23H24FN3O3/c24-18-6-4-16(5-7-18)22(28)17-9-12-27(13-10-17)14-15-30-23(29)26-21-3-1-2-20-19(21)8-11-25-20/h1-8,11,17,25H,9-10,12-15H2,(H,26,29). The first-order valence-electron chi connectivity index (χ1n) is 10.1. The predicted octanol–water partition coefficient (Wildman–Crippen LogP) is 4.45. The van der Waals surface area contributed by atoms with Crippen LogP contribution in [0.15, 0.2) is 54.7 Å². The van der Waals surface area contributed by atoms with Gasteiger partial charge in [-0.05, 0) is 68.4 Å². The zero-order valence-corrected chi connectivity index (χ0v) is 16.6. The first kappa shape index (κ1) is 20.1. The third kappa shape index (κ3) is 4.68. The number of ketones is 1. The zero-order valence-electron chi connectivity index (χ0n) is 16.6. The van der Waals surface area contributed by atoms with E-state index in [1.807, 2.05) is 30.5 Å². The number of hydrogen-bond acceptors (Lipinski definition) is 4. The van der Waals surface area contributed by atoms with Crippen molar-refractivity contribution in [1.82, 2.24) is 9.88 Å². The molecular formula is C23H24FN3O3. The smallest absolute Gasteiger partial charge is 0.411 e. The summed E-state index contributed by atoms with van der Waals surface area (Å²) < 4.78 is 18.4. The Morgan fingerprint density at radius 3 is 2.63 bits per heavy atom. The number of fused-ring (bicyclic) bond motifs is 1. The van der Waals surface area contributed by atoms with Crippen LogP contribution in [0.3, 0.4) is 0 Å². The number of nitrogens with one attached hydrogen (secondary N) is 2. The van der Waals surface area contributed by atoms with E-state index in [0.717, 1.165) is 36.8 Å². The summed E-state index contributed by atoms with van der Waals surface area (Å²) in [5.74, 6) is -0.308. The molecule has 0 aliphatic carbocycles. The van der Waals surface area contributed by atoms with Gasteiger partial charge in [0.25, 0.3) is 0 Å². The number of rotatable bonds is 6. The van der Waals surface area contributed by atoms with Gasteiger partial charge in [-0.2, -0.15) is 0 Å². The molecule has 0 radical (unpaired) electrons. The third-order valence-corrected chi connectivity index (χ3v) is 5.56. The fourth-order valence-corrected chi connectivity index (χ4v) is 3.88. The van der Waals surface area contributed by atoms with Crippen LogP contribution in [0.2, 0.25) is 0 Å². The Morgan fingerprint density at radius 2 is 1.87 bits per heavy atom. The minimum Gasteiger partial charge on any atom is -0.448 e. The van der Waals surface area contributed by atoms with Gasteiger partial charge in [0.15, 0.2) is 5.78 Å². The average molecular weight is 409 g/mol. The van der Waals surface area contributed by atoms with E-state index in [1.54, 1.807) is 12.1 Å². The van der Waals surface area contributed by atoms with Crippen LogP contribution in [-0.2, 0) is 4.74 Å². The van der Waals surface area contributed by atoms with Crippen LogP contribution in [0.25, 0.3) is 10.9 Å². The largest absolute Gasteiger partial charge is 0.448 e. The van der Waals surface area contributed by atoms with Crippen LogP contribution in [0.1, 0.15) is 23.2 Å². The highest BCUT2D eigenvalue weighted by Crippen LogP contribution is 2.23. The van der Waals surface area contributed by atoms with E-state index in [1.165, 1.54) is 12.1 Å². The molecule has 1 saturated heterocycles. The molecule has 30 heavy (non-hydrogen) atoms. The van der Waals surface area contributed by atoms with Crippen molar-refractivity contribution in [2.75, 3.05) is 31.6 Å². The van der Waals surface area contributed by atoms with E-state index in [9.17, 15) is 14.0 Å². The number of aromatic nitrogens is 1. The van der Waals surface area contributed by atoms with E-state index < -0.39 is 6.09 Å². The minimum atomic E-state index is -0.481. The number of hydrogen-bond donors (Lipinski definition) is 2. The van der Waals surface area contributed by atoms with E-state index in [4.69, 9.17) is 4.74 Å². The van der Waals surface area contributed by atoms with Crippen LogP contribution < -0.4 is 5.32 Å². The lowest BCUT2D eigenvalue weighted by Gasteiger charge is -2.31. The lowest BCUT2D eigenvalue weighted by Crippen LogP contribution is -2.38. The van der Waals surface area contributed by atoms with Crippen molar-refractivity contribution >= 4 is 28.5 Å². The number of ether oxygens (including phenoxy) is 1. The van der Waals surface area contributed by atoms with Gasteiger partial charge in [-0.3, -0.25) is 15.0 Å². The number of halogens is 1. The molecule has 4 rings (SSSR count). The number of carbonyl (C=O) groups excluding carboxylic acids is 2. The summed E-state index contributed by atoms with van der Waals surface area (Å²) in [5, 5.41) is 3.71. The van der Waals surface area contributed by atoms with Gasteiger partial charge in [-0.15, -0.1) is 0 Å². The van der Waals surface area contributed by atoms with Crippen molar-refractivity contribution in [1.29, 1.82) is 0 Å². The van der Waals surface area contributed by atoms with Crippen LogP contribution >= 0.6 is 0 Å². The van der Waals surface area contributed by atoms with Crippen LogP contribution in [0.4, 0.5) is 14.9 Å². The Labute approximate surface area is 174 Å². The number of H-pyrrole nitrogens is 1. The molecule has 0 unspecified atom stereocenters. The number of carbonyl (C=O) groups is 2. The predicted molar refractivity (Wildman–Crippen MR) is 113 cm³/mol. The summed E-state index contributed by atoms with van der Waals surface area (Å²) in [7, 11) is 0. The minimum absolute atomic E-state index is 0.0437. The average Bonchev–Trinajstić information content (AvgIpc) is 3.24. The summed E-state index contributed by atoms with van der Waals surface area (Å²) >= 11 is 0. The molecule has 2 N–H and O–H groups in total. The van der Waals surface area contributed by atoms with E-state index in [0.29, 0.717) is 17.8 Å². The molecule has 6 nitrogen and oxygen atoms in total. The lowest BCUT2D eigenvalue weighted by atomic mass is 9.89. The maximum Gasteiger partial charge on any atom is 0.411 e. The lowest BCUT2D eigenvalue weighted by molar-refractivity contribution is 0.0813. The van der Waals surface area contributed by atoms with Crippen LogP contribution in [0.5, 0.6) is 0 Å². The van der Waals surface area contributed by atoms with E-state index >= 15 is 0 Å². The SMILES string of the molecule is O=C(Nc1cccc2[nH]ccc12)OCCN1CCC(C(=O)c2ccc(F)cc2)CC1. The molecule has 0 atom stereocenters. The Morgan fingerprint density at radius 1 is 1.10 bits per heavy atom. The topological polar surface area (TPSA) is 74.4 Å². The van der Waals surface area contributed by atoms with Crippen molar-refractivity contribution in [2.24, 2.45) is 5.92 Å². The van der Waals surface area contributed by atoms with Gasteiger partial charge in [0.05, 0.1) is 5.69 Å². The van der Waals surface area contributed by atoms with Crippen molar-refractivity contribution in [3.8, 4) is 0 Å². The summed E-state index contributed by atoms with van der Waals surface area (Å²) in [6.07, 6.45) is 2.84. The Bertz CT molecular complexity index is 1020. The van der Waals surface area contributed by atoms with Gasteiger partial charge in [0.2, 0.25) is 0 Å². The van der Waals surface area contributed by atoms with Gasteiger partial charge in [0, 0.05) is 35.1 Å². The molecule has 2 aromatic carbocycles. The molecule has 0 bridgehead atoms. The molecular weight excluding hydrogens is 385 g/mol. The number of anilines is 1. The number of Topliss-reactive ketones (excluding diaryl/α,β-unsaturated/α-hetero) is 1. The maximum atomic E-state index is 13.0. The zero-order chi connectivity index (χ0) is 20.9. The molecule has 1 amide bonds. The number of likely N-dealkylation sites (tertiary alicyclic amines) is 1. The highest BCUT2D eigenvalue weighted by Gasteiger charge is 2.25. The number of nitrogens with zero attached hydrogens (tertiary/aromatic N) is 1. The van der Waals surface area contributed by atoms with Crippen molar-refractivity contribution in [2.45, 2.75) is 12.8 Å².